The second-order valence-electron chi connectivity index (χ2n) is 3.82. The lowest BCUT2D eigenvalue weighted by molar-refractivity contribution is -0.143. The van der Waals surface area contributed by atoms with Crippen LogP contribution in [0.3, 0.4) is 0 Å². The molecule has 1 amide bonds. The van der Waals surface area contributed by atoms with Crippen molar-refractivity contribution in [2.45, 2.75) is 13.8 Å². The average molecular weight is 251 g/mol. The molecule has 98 valence electrons. The van der Waals surface area contributed by atoms with E-state index in [1.54, 1.807) is 10.8 Å². The normalized spacial score (nSPS) is 10.7. The van der Waals surface area contributed by atoms with Crippen molar-refractivity contribution in [3.8, 4) is 0 Å². The molecular weight excluding hydrogens is 234 g/mol. The molecule has 1 aromatic rings. The fraction of sp³-hybridized carbons (Fsp3) is 0.417. The molecule has 0 aliphatic carbocycles. The number of hydrogen-bond donors (Lipinski definition) is 1. The van der Waals surface area contributed by atoms with E-state index in [2.05, 4.69) is 10.4 Å². The molecule has 0 bridgehead atoms. The summed E-state index contributed by atoms with van der Waals surface area (Å²) >= 11 is 0. The Morgan fingerprint density at radius 3 is 2.61 bits per heavy atom. The standard InChI is InChI=1S/C12H17N3O3/c1-8-10(9(2)15(4)14-8)5-6-12(17)18-7-11(16)13-3/h5-6H,7H2,1-4H3,(H,13,16)/b6-5+. The number of amides is 1. The largest absolute Gasteiger partial charge is 0.452 e. The van der Waals surface area contributed by atoms with Gasteiger partial charge in [-0.25, -0.2) is 4.79 Å². The second-order valence-corrected chi connectivity index (χ2v) is 3.82. The Hall–Kier alpha value is -2.11. The Morgan fingerprint density at radius 2 is 2.11 bits per heavy atom. The Kier molecular flexibility index (Phi) is 4.65. The second kappa shape index (κ2) is 6.00. The summed E-state index contributed by atoms with van der Waals surface area (Å²) in [4.78, 5) is 22.2. The van der Waals surface area contributed by atoms with Crippen LogP contribution in [0, 0.1) is 13.8 Å². The van der Waals surface area contributed by atoms with E-state index >= 15 is 0 Å². The van der Waals surface area contributed by atoms with Gasteiger partial charge in [-0.2, -0.15) is 5.10 Å². The van der Waals surface area contributed by atoms with Gasteiger partial charge in [0.25, 0.3) is 5.91 Å². The van der Waals surface area contributed by atoms with Crippen LogP contribution in [-0.2, 0) is 21.4 Å². The summed E-state index contributed by atoms with van der Waals surface area (Å²) in [6.07, 6.45) is 2.93. The molecule has 0 aliphatic heterocycles. The van der Waals surface area contributed by atoms with Gasteiger partial charge >= 0.3 is 5.97 Å². The molecular formula is C12H17N3O3. The van der Waals surface area contributed by atoms with Gasteiger partial charge in [0.05, 0.1) is 5.69 Å². The molecule has 0 aliphatic rings. The van der Waals surface area contributed by atoms with Crippen molar-refractivity contribution >= 4 is 18.0 Å². The molecule has 0 atom stereocenters. The van der Waals surface area contributed by atoms with Crippen molar-refractivity contribution in [2.75, 3.05) is 13.7 Å². The Bertz CT molecular complexity index is 489. The number of carbonyl (C=O) groups excluding carboxylic acids is 2. The van der Waals surface area contributed by atoms with Gasteiger partial charge < -0.3 is 10.1 Å². The minimum absolute atomic E-state index is 0.273. The van der Waals surface area contributed by atoms with E-state index in [9.17, 15) is 9.59 Å². The number of ether oxygens (including phenoxy) is 1. The van der Waals surface area contributed by atoms with Crippen LogP contribution in [0.15, 0.2) is 6.08 Å². The fourth-order valence-corrected chi connectivity index (χ4v) is 1.44. The maximum Gasteiger partial charge on any atom is 0.331 e. The SMILES string of the molecule is CNC(=O)COC(=O)/C=C/c1c(C)nn(C)c1C. The lowest BCUT2D eigenvalue weighted by Gasteiger charge is -2.00. The van der Waals surface area contributed by atoms with Crippen molar-refractivity contribution in [2.24, 2.45) is 7.05 Å². The van der Waals surface area contributed by atoms with E-state index in [4.69, 9.17) is 4.74 Å². The summed E-state index contributed by atoms with van der Waals surface area (Å²) in [6, 6.07) is 0. The molecule has 6 heteroatoms. The number of rotatable bonds is 4. The highest BCUT2D eigenvalue weighted by Crippen LogP contribution is 2.13. The molecule has 18 heavy (non-hydrogen) atoms. The zero-order valence-corrected chi connectivity index (χ0v) is 11.0. The first-order chi connectivity index (χ1) is 8.45. The summed E-state index contributed by atoms with van der Waals surface area (Å²) in [5.74, 6) is -0.897. The molecule has 0 radical (unpaired) electrons. The van der Waals surface area contributed by atoms with Gasteiger partial charge in [-0.1, -0.05) is 0 Å². The smallest absolute Gasteiger partial charge is 0.331 e. The molecule has 6 nitrogen and oxygen atoms in total. The Balaban J connectivity index is 2.64. The van der Waals surface area contributed by atoms with Crippen LogP contribution in [0.1, 0.15) is 17.0 Å². The maximum absolute atomic E-state index is 11.3. The van der Waals surface area contributed by atoms with Crippen molar-refractivity contribution in [1.29, 1.82) is 0 Å². The lowest BCUT2D eigenvalue weighted by atomic mass is 10.2. The van der Waals surface area contributed by atoms with Crippen molar-refractivity contribution < 1.29 is 14.3 Å². The van der Waals surface area contributed by atoms with Crippen LogP contribution in [0.2, 0.25) is 0 Å². The van der Waals surface area contributed by atoms with E-state index in [-0.39, 0.29) is 12.5 Å². The van der Waals surface area contributed by atoms with E-state index < -0.39 is 5.97 Å². The molecule has 0 unspecified atom stereocenters. The number of likely N-dealkylation sites (N-methyl/N-ethyl adjacent to an activating group) is 1. The highest BCUT2D eigenvalue weighted by Gasteiger charge is 2.07. The van der Waals surface area contributed by atoms with Crippen molar-refractivity contribution in [3.63, 3.8) is 0 Å². The van der Waals surface area contributed by atoms with Crippen molar-refractivity contribution in [1.82, 2.24) is 15.1 Å². The molecule has 0 saturated carbocycles. The molecule has 1 aromatic heterocycles. The zero-order valence-electron chi connectivity index (χ0n) is 11.0. The average Bonchev–Trinajstić information content (AvgIpc) is 2.58. The quantitative estimate of drug-likeness (QED) is 0.618. The number of nitrogens with one attached hydrogen (secondary N) is 1. The van der Waals surface area contributed by atoms with Crippen molar-refractivity contribution in [3.05, 3.63) is 23.0 Å². The van der Waals surface area contributed by atoms with Gasteiger partial charge in [0.2, 0.25) is 0 Å². The zero-order chi connectivity index (χ0) is 13.7. The summed E-state index contributed by atoms with van der Waals surface area (Å²) in [5, 5.41) is 6.59. The van der Waals surface area contributed by atoms with Crippen LogP contribution in [-0.4, -0.2) is 35.3 Å². The maximum atomic E-state index is 11.3. The summed E-state index contributed by atoms with van der Waals surface area (Å²) in [6.45, 7) is 3.50. The first-order valence-electron chi connectivity index (χ1n) is 5.51. The number of nitrogens with zero attached hydrogens (tertiary/aromatic N) is 2. The van der Waals surface area contributed by atoms with Crippen LogP contribution in [0.4, 0.5) is 0 Å². The number of aromatic nitrogens is 2. The van der Waals surface area contributed by atoms with Gasteiger partial charge in [-0.15, -0.1) is 0 Å². The third kappa shape index (κ3) is 3.44. The van der Waals surface area contributed by atoms with Crippen LogP contribution in [0.5, 0.6) is 0 Å². The predicted molar refractivity (Wildman–Crippen MR) is 66.7 cm³/mol. The summed E-state index contributed by atoms with van der Waals surface area (Å²) < 4.78 is 6.48. The van der Waals surface area contributed by atoms with E-state index in [1.165, 1.54) is 13.1 Å². The highest BCUT2D eigenvalue weighted by atomic mass is 16.5. The van der Waals surface area contributed by atoms with Gasteiger partial charge in [-0.05, 0) is 19.9 Å². The number of aryl methyl sites for hydroxylation is 2. The molecule has 1 rings (SSSR count). The fourth-order valence-electron chi connectivity index (χ4n) is 1.44. The van der Waals surface area contributed by atoms with Gasteiger partial charge in [-0.3, -0.25) is 9.48 Å². The third-order valence-corrected chi connectivity index (χ3v) is 2.58. The van der Waals surface area contributed by atoms with E-state index in [0.29, 0.717) is 0 Å². The lowest BCUT2D eigenvalue weighted by Crippen LogP contribution is -2.24. The topological polar surface area (TPSA) is 73.2 Å². The van der Waals surface area contributed by atoms with E-state index in [1.807, 2.05) is 20.9 Å². The molecule has 0 saturated heterocycles. The number of hydrogen-bond acceptors (Lipinski definition) is 4. The van der Waals surface area contributed by atoms with Crippen LogP contribution in [0.25, 0.3) is 6.08 Å². The monoisotopic (exact) mass is 251 g/mol. The van der Waals surface area contributed by atoms with E-state index in [0.717, 1.165) is 17.0 Å². The minimum atomic E-state index is -0.554. The van der Waals surface area contributed by atoms with Gasteiger partial charge in [0, 0.05) is 31.4 Å². The summed E-state index contributed by atoms with van der Waals surface area (Å²) in [5.41, 5.74) is 2.68. The Morgan fingerprint density at radius 1 is 1.44 bits per heavy atom. The molecule has 0 aromatic carbocycles. The molecule has 1 N–H and O–H groups in total. The molecule has 0 fully saturated rings. The minimum Gasteiger partial charge on any atom is -0.452 e. The number of esters is 1. The molecule has 0 spiro atoms. The van der Waals surface area contributed by atoms with Gasteiger partial charge in [0.1, 0.15) is 0 Å². The predicted octanol–water partition coefficient (Wildman–Crippen LogP) is 0.339. The number of carbonyl (C=O) groups is 2. The van der Waals surface area contributed by atoms with Gasteiger partial charge in [0.15, 0.2) is 6.61 Å². The Labute approximate surface area is 106 Å². The first-order valence-corrected chi connectivity index (χ1v) is 5.51. The van der Waals surface area contributed by atoms with Crippen LogP contribution < -0.4 is 5.32 Å². The summed E-state index contributed by atoms with van der Waals surface area (Å²) in [7, 11) is 3.32. The highest BCUT2D eigenvalue weighted by molar-refractivity contribution is 5.89. The van der Waals surface area contributed by atoms with Crippen LogP contribution >= 0.6 is 0 Å². The first kappa shape index (κ1) is 14.0. The molecule has 1 heterocycles. The third-order valence-electron chi connectivity index (χ3n) is 2.58.